The van der Waals surface area contributed by atoms with E-state index in [1.807, 2.05) is 84.9 Å². The van der Waals surface area contributed by atoms with Gasteiger partial charge in [-0.2, -0.15) is 0 Å². The predicted octanol–water partition coefficient (Wildman–Crippen LogP) is 8.31. The van der Waals surface area contributed by atoms with E-state index in [1.54, 1.807) is 12.1 Å². The third-order valence-corrected chi connectivity index (χ3v) is 6.56. The van der Waals surface area contributed by atoms with Crippen molar-refractivity contribution in [3.63, 3.8) is 0 Å². The molecule has 3 N–H and O–H groups in total. The molecule has 194 valence electrons. The van der Waals surface area contributed by atoms with Crippen LogP contribution < -0.4 is 10.6 Å². The van der Waals surface area contributed by atoms with E-state index in [-0.39, 0.29) is 5.91 Å². The summed E-state index contributed by atoms with van der Waals surface area (Å²) in [6.07, 6.45) is 2.20. The van der Waals surface area contributed by atoms with E-state index in [0.29, 0.717) is 28.7 Å². The Labute approximate surface area is 232 Å². The lowest BCUT2D eigenvalue weighted by molar-refractivity contribution is 0.102. The molecular formula is C32H28ClN5O. The lowest BCUT2D eigenvalue weighted by Crippen LogP contribution is -2.14. The lowest BCUT2D eigenvalue weighted by Gasteiger charge is -2.13. The molecule has 6 nitrogen and oxygen atoms in total. The third kappa shape index (κ3) is 6.30. The zero-order valence-corrected chi connectivity index (χ0v) is 22.3. The number of amides is 1. The van der Waals surface area contributed by atoms with Crippen LogP contribution in [0.4, 0.5) is 17.3 Å². The van der Waals surface area contributed by atoms with Crippen molar-refractivity contribution in [2.24, 2.45) is 0 Å². The maximum Gasteiger partial charge on any atom is 0.255 e. The average molecular weight is 534 g/mol. The summed E-state index contributed by atoms with van der Waals surface area (Å²) in [4.78, 5) is 22.5. The topological polar surface area (TPSA) is 90.8 Å². The molecule has 1 heterocycles. The third-order valence-electron chi connectivity index (χ3n) is 6.33. The summed E-state index contributed by atoms with van der Waals surface area (Å²) in [6, 6.07) is 30.3. The Morgan fingerprint density at radius 1 is 0.897 bits per heavy atom. The van der Waals surface area contributed by atoms with Crippen molar-refractivity contribution in [1.82, 2.24) is 9.97 Å². The number of rotatable bonds is 9. The maximum absolute atomic E-state index is 13.0. The Morgan fingerprint density at radius 3 is 2.41 bits per heavy atom. The van der Waals surface area contributed by atoms with Gasteiger partial charge >= 0.3 is 0 Å². The van der Waals surface area contributed by atoms with Crippen LogP contribution in [-0.4, -0.2) is 21.6 Å². The molecule has 1 amide bonds. The summed E-state index contributed by atoms with van der Waals surface area (Å²) in [5, 5.41) is 15.9. The first kappa shape index (κ1) is 26.1. The van der Waals surface area contributed by atoms with E-state index in [0.717, 1.165) is 51.9 Å². The van der Waals surface area contributed by atoms with Gasteiger partial charge in [0.15, 0.2) is 0 Å². The molecule has 7 heteroatoms. The quantitative estimate of drug-likeness (QED) is 0.166. The zero-order valence-electron chi connectivity index (χ0n) is 21.5. The number of fused-ring (bicyclic) bond motifs is 1. The summed E-state index contributed by atoms with van der Waals surface area (Å²) >= 11 is 6.27. The number of hydrogen-bond donors (Lipinski definition) is 3. The monoisotopic (exact) mass is 533 g/mol. The van der Waals surface area contributed by atoms with Crippen LogP contribution in [0.1, 0.15) is 35.7 Å². The second-order valence-electron chi connectivity index (χ2n) is 9.27. The van der Waals surface area contributed by atoms with Crippen LogP contribution in [0.25, 0.3) is 22.2 Å². The molecule has 4 aromatic carbocycles. The molecule has 39 heavy (non-hydrogen) atoms. The molecule has 0 aliphatic heterocycles. The van der Waals surface area contributed by atoms with Gasteiger partial charge in [0.05, 0.1) is 11.2 Å². The Morgan fingerprint density at radius 2 is 1.64 bits per heavy atom. The predicted molar refractivity (Wildman–Crippen MR) is 160 cm³/mol. The van der Waals surface area contributed by atoms with Gasteiger partial charge in [-0.15, -0.1) is 0 Å². The highest BCUT2D eigenvalue weighted by atomic mass is 35.5. The minimum absolute atomic E-state index is 0.207. The van der Waals surface area contributed by atoms with Gasteiger partial charge in [-0.25, -0.2) is 9.97 Å². The number of anilines is 3. The van der Waals surface area contributed by atoms with Gasteiger partial charge in [-0.1, -0.05) is 73.5 Å². The molecule has 0 radical (unpaired) electrons. The van der Waals surface area contributed by atoms with Crippen LogP contribution in [0.3, 0.4) is 0 Å². The van der Waals surface area contributed by atoms with Crippen molar-refractivity contribution in [3.8, 4) is 11.3 Å². The molecule has 0 aliphatic rings. The molecule has 5 rings (SSSR count). The fourth-order valence-corrected chi connectivity index (χ4v) is 4.59. The number of nitrogens with one attached hydrogen (secondary N) is 3. The van der Waals surface area contributed by atoms with Crippen molar-refractivity contribution >= 4 is 51.4 Å². The van der Waals surface area contributed by atoms with Crippen LogP contribution in [0.5, 0.6) is 0 Å². The average Bonchev–Trinajstić information content (AvgIpc) is 2.95. The van der Waals surface area contributed by atoms with Crippen molar-refractivity contribution in [1.29, 1.82) is 5.41 Å². The van der Waals surface area contributed by atoms with Gasteiger partial charge < -0.3 is 16.0 Å². The number of aromatic nitrogens is 2. The van der Waals surface area contributed by atoms with Crippen molar-refractivity contribution < 1.29 is 4.79 Å². The van der Waals surface area contributed by atoms with Crippen LogP contribution in [0, 0.1) is 5.41 Å². The number of para-hydroxylation sites is 1. The molecular weight excluding hydrogens is 506 g/mol. The summed E-state index contributed by atoms with van der Waals surface area (Å²) in [7, 11) is 0. The Hall–Kier alpha value is -4.55. The largest absolute Gasteiger partial charge is 0.324 e. The van der Waals surface area contributed by atoms with Crippen molar-refractivity contribution in [3.05, 3.63) is 113 Å². The van der Waals surface area contributed by atoms with Gasteiger partial charge in [0.1, 0.15) is 0 Å². The smallest absolute Gasteiger partial charge is 0.255 e. The van der Waals surface area contributed by atoms with E-state index in [9.17, 15) is 4.79 Å². The van der Waals surface area contributed by atoms with Gasteiger partial charge in [0.2, 0.25) is 5.95 Å². The molecule has 0 fully saturated rings. The van der Waals surface area contributed by atoms with Gasteiger partial charge in [0.25, 0.3) is 5.91 Å². The Balaban J connectivity index is 1.35. The zero-order chi connectivity index (χ0) is 27.2. The fourth-order valence-electron chi connectivity index (χ4n) is 4.42. The van der Waals surface area contributed by atoms with Crippen LogP contribution in [0.2, 0.25) is 5.02 Å². The Kier molecular flexibility index (Phi) is 7.94. The lowest BCUT2D eigenvalue weighted by atomic mass is 10.0. The molecule has 0 saturated carbocycles. The Bertz CT molecular complexity index is 1630. The molecule has 0 atom stereocenters. The summed E-state index contributed by atoms with van der Waals surface area (Å²) < 4.78 is 0. The maximum atomic E-state index is 13.0. The number of carbonyl (C=O) groups excluding carboxylic acids is 1. The normalized spacial score (nSPS) is 10.8. The first-order valence-electron chi connectivity index (χ1n) is 12.9. The highest BCUT2D eigenvalue weighted by molar-refractivity contribution is 6.31. The molecule has 0 spiro atoms. The first-order valence-corrected chi connectivity index (χ1v) is 13.2. The molecule has 5 aromatic rings. The summed E-state index contributed by atoms with van der Waals surface area (Å²) in [5.41, 5.74) is 6.13. The highest BCUT2D eigenvalue weighted by Crippen LogP contribution is 2.30. The number of carbonyl (C=O) groups is 1. The summed E-state index contributed by atoms with van der Waals surface area (Å²) in [5.74, 6) is 0.241. The van der Waals surface area contributed by atoms with Gasteiger partial charge in [-0.05, 0) is 60.5 Å². The molecule has 0 bridgehead atoms. The van der Waals surface area contributed by atoms with E-state index >= 15 is 0 Å². The minimum atomic E-state index is -0.207. The van der Waals surface area contributed by atoms with E-state index in [2.05, 4.69) is 22.5 Å². The van der Waals surface area contributed by atoms with Crippen LogP contribution in [0.15, 0.2) is 97.1 Å². The molecule has 0 saturated heterocycles. The fraction of sp³-hybridized carbons (Fsp3) is 0.125. The van der Waals surface area contributed by atoms with Crippen molar-refractivity contribution in [2.45, 2.75) is 26.2 Å². The van der Waals surface area contributed by atoms with E-state index in [1.165, 1.54) is 0 Å². The minimum Gasteiger partial charge on any atom is -0.324 e. The molecule has 0 unspecified atom stereocenters. The highest BCUT2D eigenvalue weighted by Gasteiger charge is 2.13. The van der Waals surface area contributed by atoms with Gasteiger partial charge in [-0.3, -0.25) is 4.79 Å². The SMILES string of the molecule is CCCC(=N)Cc1ccccc1NC(=O)c1ccc(Nc2nc(-c3ccccc3)c3cc(Cl)ccc3n2)cc1. The second-order valence-corrected chi connectivity index (χ2v) is 9.70. The van der Waals surface area contributed by atoms with Gasteiger partial charge in [0, 0.05) is 45.0 Å². The van der Waals surface area contributed by atoms with Crippen LogP contribution in [-0.2, 0) is 6.42 Å². The standard InChI is InChI=1S/C32H28ClN5O/c1-2-8-25(34)19-23-11-6-7-12-28(23)36-31(39)22-13-16-26(17-14-22)35-32-37-29-18-15-24(33)20-27(29)30(38-32)21-9-4-3-5-10-21/h3-7,9-18,20,34H,2,8,19H2,1H3,(H,36,39)(H,35,37,38). The molecule has 0 aliphatic carbocycles. The molecule has 1 aromatic heterocycles. The van der Waals surface area contributed by atoms with Crippen molar-refractivity contribution in [2.75, 3.05) is 10.6 Å². The number of hydrogen-bond acceptors (Lipinski definition) is 5. The number of nitrogens with zero attached hydrogens (tertiary/aromatic N) is 2. The second kappa shape index (κ2) is 11.9. The number of halogens is 1. The first-order chi connectivity index (χ1) is 19.0. The number of benzene rings is 4. The van der Waals surface area contributed by atoms with Crippen LogP contribution >= 0.6 is 11.6 Å². The van der Waals surface area contributed by atoms with E-state index < -0.39 is 0 Å². The van der Waals surface area contributed by atoms with E-state index in [4.69, 9.17) is 22.0 Å². The summed E-state index contributed by atoms with van der Waals surface area (Å²) in [6.45, 7) is 2.06.